The minimum absolute atomic E-state index is 0.216. The summed E-state index contributed by atoms with van der Waals surface area (Å²) in [5.74, 6) is 0.999. The first kappa shape index (κ1) is 22.6. The first-order valence-electron chi connectivity index (χ1n) is 11.6. The highest BCUT2D eigenvalue weighted by Crippen LogP contribution is 2.21. The standard InChI is InChI=1S/C26H32N6O/c1-20-22(19-32(30-20)24-9-4-3-5-10-24)8-6-16-28-26(27-2)29-18-21-12-14-23(15-13-21)31-17-7-11-25(31)33/h3-5,9-10,12-15,19H,6-8,11,16-18H2,1-2H3,(H2,27,28,29). The molecule has 1 aliphatic rings. The van der Waals surface area contributed by atoms with Crippen molar-refractivity contribution in [3.05, 3.63) is 77.6 Å². The maximum absolute atomic E-state index is 11.9. The molecule has 0 spiro atoms. The van der Waals surface area contributed by atoms with Gasteiger partial charge < -0.3 is 15.5 Å². The monoisotopic (exact) mass is 444 g/mol. The maximum Gasteiger partial charge on any atom is 0.227 e. The van der Waals surface area contributed by atoms with E-state index in [9.17, 15) is 4.79 Å². The molecule has 0 aliphatic carbocycles. The van der Waals surface area contributed by atoms with E-state index >= 15 is 0 Å². The molecule has 1 amide bonds. The van der Waals surface area contributed by atoms with Gasteiger partial charge in [0.2, 0.25) is 5.91 Å². The molecule has 1 fully saturated rings. The van der Waals surface area contributed by atoms with E-state index in [1.54, 1.807) is 7.05 Å². The van der Waals surface area contributed by atoms with E-state index in [1.807, 2.05) is 39.9 Å². The lowest BCUT2D eigenvalue weighted by molar-refractivity contribution is -0.117. The van der Waals surface area contributed by atoms with Gasteiger partial charge in [-0.15, -0.1) is 0 Å². The number of para-hydroxylation sites is 1. The number of hydrogen-bond acceptors (Lipinski definition) is 3. The van der Waals surface area contributed by atoms with Crippen LogP contribution in [0.15, 0.2) is 65.8 Å². The third-order valence-corrected chi connectivity index (χ3v) is 5.94. The molecule has 2 N–H and O–H groups in total. The summed E-state index contributed by atoms with van der Waals surface area (Å²) in [5.41, 5.74) is 5.54. The van der Waals surface area contributed by atoms with Crippen molar-refractivity contribution < 1.29 is 4.79 Å². The Morgan fingerprint density at radius 2 is 1.85 bits per heavy atom. The number of aliphatic imine (C=N–C) groups is 1. The Bertz CT molecular complexity index is 1090. The van der Waals surface area contributed by atoms with Gasteiger partial charge in [0.05, 0.1) is 11.4 Å². The Labute approximate surface area is 195 Å². The molecule has 1 saturated heterocycles. The SMILES string of the molecule is CN=C(NCCCc1cn(-c2ccccc2)nc1C)NCc1ccc(N2CCCC2=O)cc1. The Kier molecular flexibility index (Phi) is 7.40. The van der Waals surface area contributed by atoms with E-state index in [-0.39, 0.29) is 5.91 Å². The van der Waals surface area contributed by atoms with Crippen LogP contribution in [0.5, 0.6) is 0 Å². The van der Waals surface area contributed by atoms with Crippen LogP contribution in [0.1, 0.15) is 36.1 Å². The van der Waals surface area contributed by atoms with E-state index in [0.29, 0.717) is 13.0 Å². The third kappa shape index (κ3) is 5.80. The van der Waals surface area contributed by atoms with Crippen molar-refractivity contribution in [2.45, 2.75) is 39.2 Å². The molecular weight excluding hydrogens is 412 g/mol. The summed E-state index contributed by atoms with van der Waals surface area (Å²) in [7, 11) is 1.78. The second kappa shape index (κ2) is 10.8. The van der Waals surface area contributed by atoms with Crippen LogP contribution in [0.3, 0.4) is 0 Å². The van der Waals surface area contributed by atoms with Crippen molar-refractivity contribution in [3.63, 3.8) is 0 Å². The fraction of sp³-hybridized carbons (Fsp3) is 0.346. The molecule has 4 rings (SSSR count). The molecule has 2 aromatic carbocycles. The molecular formula is C26H32N6O. The molecule has 0 radical (unpaired) electrons. The molecule has 7 nitrogen and oxygen atoms in total. The number of nitrogens with zero attached hydrogens (tertiary/aromatic N) is 4. The van der Waals surface area contributed by atoms with Crippen molar-refractivity contribution in [3.8, 4) is 5.69 Å². The number of anilines is 1. The van der Waals surface area contributed by atoms with Crippen LogP contribution in [-0.4, -0.2) is 41.8 Å². The fourth-order valence-corrected chi connectivity index (χ4v) is 4.06. The van der Waals surface area contributed by atoms with Crippen LogP contribution in [-0.2, 0) is 17.8 Å². The van der Waals surface area contributed by atoms with Gasteiger partial charge in [-0.05, 0) is 61.6 Å². The number of aryl methyl sites for hydroxylation is 2. The second-order valence-corrected chi connectivity index (χ2v) is 8.29. The van der Waals surface area contributed by atoms with Gasteiger partial charge in [0.15, 0.2) is 5.96 Å². The minimum Gasteiger partial charge on any atom is -0.356 e. The van der Waals surface area contributed by atoms with Crippen molar-refractivity contribution in [2.75, 3.05) is 25.0 Å². The van der Waals surface area contributed by atoms with Crippen molar-refractivity contribution in [2.24, 2.45) is 4.99 Å². The van der Waals surface area contributed by atoms with Crippen LogP contribution >= 0.6 is 0 Å². The second-order valence-electron chi connectivity index (χ2n) is 8.29. The Balaban J connectivity index is 1.21. The number of carbonyl (C=O) groups excluding carboxylic acids is 1. The molecule has 0 unspecified atom stereocenters. The third-order valence-electron chi connectivity index (χ3n) is 5.94. The number of aromatic nitrogens is 2. The number of carbonyl (C=O) groups is 1. The van der Waals surface area contributed by atoms with E-state index in [1.165, 1.54) is 5.56 Å². The number of rotatable bonds is 8. The molecule has 1 aliphatic heterocycles. The summed E-state index contributed by atoms with van der Waals surface area (Å²) in [5, 5.41) is 11.4. The maximum atomic E-state index is 11.9. The first-order valence-corrected chi connectivity index (χ1v) is 11.6. The van der Waals surface area contributed by atoms with Crippen LogP contribution in [0, 0.1) is 6.92 Å². The summed E-state index contributed by atoms with van der Waals surface area (Å²) < 4.78 is 1.95. The minimum atomic E-state index is 0.216. The molecule has 3 aromatic rings. The van der Waals surface area contributed by atoms with Gasteiger partial charge >= 0.3 is 0 Å². The highest BCUT2D eigenvalue weighted by Gasteiger charge is 2.21. The highest BCUT2D eigenvalue weighted by atomic mass is 16.2. The van der Waals surface area contributed by atoms with Gasteiger partial charge in [-0.1, -0.05) is 30.3 Å². The smallest absolute Gasteiger partial charge is 0.227 e. The average Bonchev–Trinajstić information content (AvgIpc) is 3.45. The van der Waals surface area contributed by atoms with Crippen molar-refractivity contribution in [1.82, 2.24) is 20.4 Å². The van der Waals surface area contributed by atoms with Crippen LogP contribution in [0.25, 0.3) is 5.69 Å². The van der Waals surface area contributed by atoms with Gasteiger partial charge in [0.25, 0.3) is 0 Å². The van der Waals surface area contributed by atoms with Crippen LogP contribution < -0.4 is 15.5 Å². The molecule has 0 saturated carbocycles. The zero-order valence-electron chi connectivity index (χ0n) is 19.4. The van der Waals surface area contributed by atoms with E-state index < -0.39 is 0 Å². The summed E-state index contributed by atoms with van der Waals surface area (Å²) in [6.45, 7) is 4.38. The van der Waals surface area contributed by atoms with Crippen molar-refractivity contribution in [1.29, 1.82) is 0 Å². The molecule has 7 heteroatoms. The predicted molar refractivity (Wildman–Crippen MR) is 133 cm³/mol. The van der Waals surface area contributed by atoms with Gasteiger partial charge in [-0.25, -0.2) is 4.68 Å². The van der Waals surface area contributed by atoms with E-state index in [4.69, 9.17) is 0 Å². The van der Waals surface area contributed by atoms with Gasteiger partial charge in [-0.3, -0.25) is 9.79 Å². The topological polar surface area (TPSA) is 74.6 Å². The van der Waals surface area contributed by atoms with E-state index in [0.717, 1.165) is 60.9 Å². The summed E-state index contributed by atoms with van der Waals surface area (Å²) in [4.78, 5) is 18.1. The van der Waals surface area contributed by atoms with Crippen LogP contribution in [0.2, 0.25) is 0 Å². The lowest BCUT2D eigenvalue weighted by Gasteiger charge is -2.16. The molecule has 1 aromatic heterocycles. The highest BCUT2D eigenvalue weighted by molar-refractivity contribution is 5.95. The number of nitrogens with one attached hydrogen (secondary N) is 2. The number of guanidine groups is 1. The summed E-state index contributed by atoms with van der Waals surface area (Å²) in [6, 6.07) is 18.4. The molecule has 0 atom stereocenters. The normalized spacial score (nSPS) is 14.1. The summed E-state index contributed by atoms with van der Waals surface area (Å²) in [6.07, 6.45) is 5.66. The first-order chi connectivity index (χ1) is 16.1. The fourth-order valence-electron chi connectivity index (χ4n) is 4.06. The largest absolute Gasteiger partial charge is 0.356 e. The number of hydrogen-bond donors (Lipinski definition) is 2. The number of amides is 1. The average molecular weight is 445 g/mol. The Morgan fingerprint density at radius 1 is 1.06 bits per heavy atom. The number of benzene rings is 2. The zero-order valence-corrected chi connectivity index (χ0v) is 19.4. The van der Waals surface area contributed by atoms with Gasteiger partial charge in [0.1, 0.15) is 0 Å². The molecule has 33 heavy (non-hydrogen) atoms. The van der Waals surface area contributed by atoms with Gasteiger partial charge in [0, 0.05) is 45.0 Å². The lowest BCUT2D eigenvalue weighted by atomic mass is 10.1. The summed E-state index contributed by atoms with van der Waals surface area (Å²) >= 11 is 0. The van der Waals surface area contributed by atoms with Crippen molar-refractivity contribution >= 4 is 17.6 Å². The quantitative estimate of drug-likeness (QED) is 0.316. The molecule has 172 valence electrons. The lowest BCUT2D eigenvalue weighted by Crippen LogP contribution is -2.37. The van der Waals surface area contributed by atoms with Gasteiger partial charge in [-0.2, -0.15) is 5.10 Å². The zero-order chi connectivity index (χ0) is 23.0. The molecule has 2 heterocycles. The predicted octanol–water partition coefficient (Wildman–Crippen LogP) is 3.61. The van der Waals surface area contributed by atoms with E-state index in [2.05, 4.69) is 58.1 Å². The molecule has 0 bridgehead atoms. The Hall–Kier alpha value is -3.61. The van der Waals surface area contributed by atoms with Crippen LogP contribution in [0.4, 0.5) is 5.69 Å². The Morgan fingerprint density at radius 3 is 2.55 bits per heavy atom.